The Hall–Kier alpha value is -2.61. The summed E-state index contributed by atoms with van der Waals surface area (Å²) in [5.74, 6) is -0.716. The second-order valence-electron chi connectivity index (χ2n) is 6.90. The van der Waals surface area contributed by atoms with Crippen LogP contribution in [0.5, 0.6) is 0 Å². The van der Waals surface area contributed by atoms with E-state index in [4.69, 9.17) is 9.84 Å². The predicted molar refractivity (Wildman–Crippen MR) is 85.8 cm³/mol. The van der Waals surface area contributed by atoms with E-state index in [0.717, 1.165) is 5.56 Å². The Bertz CT molecular complexity index is 716. The van der Waals surface area contributed by atoms with Crippen LogP contribution in [-0.4, -0.2) is 65.8 Å². The number of amides is 3. The third kappa shape index (κ3) is 2.44. The molecule has 0 bridgehead atoms. The predicted octanol–water partition coefficient (Wildman–Crippen LogP) is 0.906. The van der Waals surface area contributed by atoms with Crippen LogP contribution >= 0.6 is 0 Å². The van der Waals surface area contributed by atoms with Crippen molar-refractivity contribution < 1.29 is 24.2 Å². The SMILES string of the molecule is O=C(O)N1CC2(CNCC2C(=O)N2C(=O)OC[C@H]2c2ccccc2)C1. The molecule has 2 N–H and O–H groups in total. The lowest BCUT2D eigenvalue weighted by molar-refractivity contribution is -0.140. The van der Waals surface area contributed by atoms with Gasteiger partial charge in [0.25, 0.3) is 0 Å². The Morgan fingerprint density at radius 2 is 1.96 bits per heavy atom. The van der Waals surface area contributed by atoms with Crippen molar-refractivity contribution in [1.82, 2.24) is 15.1 Å². The standard InChI is InChI=1S/C17H19N3O5/c21-14(12-6-18-8-17(12)9-19(10-17)15(22)23)20-13(7-25-16(20)24)11-4-2-1-3-5-11/h1-5,12-13,18H,6-10H2,(H,22,23)/t12?,13-/m0/s1. The number of rotatable bonds is 2. The molecular weight excluding hydrogens is 326 g/mol. The zero-order chi connectivity index (χ0) is 17.6. The fourth-order valence-corrected chi connectivity index (χ4v) is 4.09. The van der Waals surface area contributed by atoms with Crippen molar-refractivity contribution in [3.63, 3.8) is 0 Å². The molecule has 3 saturated heterocycles. The van der Waals surface area contributed by atoms with Crippen LogP contribution in [0.4, 0.5) is 9.59 Å². The van der Waals surface area contributed by atoms with Crippen LogP contribution in [-0.2, 0) is 9.53 Å². The molecule has 3 aliphatic heterocycles. The maximum atomic E-state index is 13.1. The zero-order valence-corrected chi connectivity index (χ0v) is 13.6. The third-order valence-electron chi connectivity index (χ3n) is 5.44. The number of carboxylic acid groups (broad SMARTS) is 1. The molecule has 3 amide bonds. The molecule has 1 aromatic rings. The normalized spacial score (nSPS) is 27.3. The van der Waals surface area contributed by atoms with Gasteiger partial charge in [-0.25, -0.2) is 14.5 Å². The van der Waals surface area contributed by atoms with E-state index in [2.05, 4.69) is 5.32 Å². The molecule has 3 fully saturated rings. The van der Waals surface area contributed by atoms with Crippen LogP contribution in [0.25, 0.3) is 0 Å². The summed E-state index contributed by atoms with van der Waals surface area (Å²) in [6.07, 6.45) is -1.61. The van der Waals surface area contributed by atoms with E-state index >= 15 is 0 Å². The van der Waals surface area contributed by atoms with Crippen LogP contribution < -0.4 is 5.32 Å². The van der Waals surface area contributed by atoms with Crippen molar-refractivity contribution in [1.29, 1.82) is 0 Å². The number of nitrogens with zero attached hydrogens (tertiary/aromatic N) is 2. The number of carbonyl (C=O) groups is 3. The van der Waals surface area contributed by atoms with Crippen molar-refractivity contribution >= 4 is 18.1 Å². The molecule has 1 aromatic carbocycles. The summed E-state index contributed by atoms with van der Waals surface area (Å²) in [4.78, 5) is 38.9. The van der Waals surface area contributed by atoms with E-state index in [0.29, 0.717) is 26.2 Å². The molecule has 0 radical (unpaired) electrons. The molecule has 0 aromatic heterocycles. The molecule has 2 atom stereocenters. The Balaban J connectivity index is 1.57. The third-order valence-corrected chi connectivity index (χ3v) is 5.44. The molecule has 25 heavy (non-hydrogen) atoms. The lowest BCUT2D eigenvalue weighted by atomic mass is 9.71. The van der Waals surface area contributed by atoms with Crippen LogP contribution in [0.15, 0.2) is 30.3 Å². The molecule has 0 saturated carbocycles. The number of likely N-dealkylation sites (tertiary alicyclic amines) is 1. The van der Waals surface area contributed by atoms with Crippen molar-refractivity contribution in [3.8, 4) is 0 Å². The Morgan fingerprint density at radius 1 is 1.24 bits per heavy atom. The molecule has 132 valence electrons. The molecule has 1 unspecified atom stereocenters. The summed E-state index contributed by atoms with van der Waals surface area (Å²) in [6.45, 7) is 1.78. The lowest BCUT2D eigenvalue weighted by Crippen LogP contribution is -2.64. The van der Waals surface area contributed by atoms with Crippen molar-refractivity contribution in [2.75, 3.05) is 32.8 Å². The van der Waals surface area contributed by atoms with Gasteiger partial charge in [0, 0.05) is 31.6 Å². The van der Waals surface area contributed by atoms with Gasteiger partial charge in [-0.05, 0) is 5.56 Å². The van der Waals surface area contributed by atoms with E-state index in [-0.39, 0.29) is 12.5 Å². The van der Waals surface area contributed by atoms with Crippen molar-refractivity contribution in [2.24, 2.45) is 11.3 Å². The topological polar surface area (TPSA) is 99.2 Å². The van der Waals surface area contributed by atoms with E-state index < -0.39 is 29.6 Å². The van der Waals surface area contributed by atoms with E-state index in [1.54, 1.807) is 0 Å². The summed E-state index contributed by atoms with van der Waals surface area (Å²) >= 11 is 0. The summed E-state index contributed by atoms with van der Waals surface area (Å²) in [5.41, 5.74) is 0.419. The zero-order valence-electron chi connectivity index (χ0n) is 13.6. The van der Waals surface area contributed by atoms with Gasteiger partial charge in [0.05, 0.1) is 5.92 Å². The van der Waals surface area contributed by atoms with E-state index in [1.807, 2.05) is 30.3 Å². The molecule has 1 spiro atoms. The van der Waals surface area contributed by atoms with Gasteiger partial charge in [0.15, 0.2) is 0 Å². The second kappa shape index (κ2) is 5.73. The molecule has 0 aliphatic carbocycles. The smallest absolute Gasteiger partial charge is 0.417 e. The Kier molecular flexibility index (Phi) is 3.64. The minimum atomic E-state index is -0.980. The van der Waals surface area contributed by atoms with Gasteiger partial charge >= 0.3 is 12.2 Å². The first-order chi connectivity index (χ1) is 12.0. The monoisotopic (exact) mass is 345 g/mol. The number of cyclic esters (lactones) is 1. The fourth-order valence-electron chi connectivity index (χ4n) is 4.09. The highest BCUT2D eigenvalue weighted by atomic mass is 16.6. The van der Waals surface area contributed by atoms with E-state index in [1.165, 1.54) is 9.80 Å². The summed E-state index contributed by atoms with van der Waals surface area (Å²) in [7, 11) is 0. The summed E-state index contributed by atoms with van der Waals surface area (Å²) in [6, 6.07) is 8.88. The van der Waals surface area contributed by atoms with Gasteiger partial charge in [0.1, 0.15) is 12.6 Å². The van der Waals surface area contributed by atoms with Gasteiger partial charge in [-0.1, -0.05) is 30.3 Å². The summed E-state index contributed by atoms with van der Waals surface area (Å²) < 4.78 is 5.13. The Morgan fingerprint density at radius 3 is 2.64 bits per heavy atom. The summed E-state index contributed by atoms with van der Waals surface area (Å²) in [5, 5.41) is 12.3. The highest BCUT2D eigenvalue weighted by molar-refractivity contribution is 5.96. The van der Waals surface area contributed by atoms with Crippen LogP contribution in [0.1, 0.15) is 11.6 Å². The van der Waals surface area contributed by atoms with Crippen LogP contribution in [0, 0.1) is 11.3 Å². The first kappa shape index (κ1) is 15.9. The van der Waals surface area contributed by atoms with Crippen LogP contribution in [0.2, 0.25) is 0 Å². The number of imide groups is 1. The average molecular weight is 345 g/mol. The largest absolute Gasteiger partial charge is 0.465 e. The molecule has 8 heteroatoms. The van der Waals surface area contributed by atoms with Crippen LogP contribution in [0.3, 0.4) is 0 Å². The van der Waals surface area contributed by atoms with Gasteiger partial charge < -0.3 is 20.1 Å². The van der Waals surface area contributed by atoms with Gasteiger partial charge in [-0.2, -0.15) is 0 Å². The van der Waals surface area contributed by atoms with Crippen molar-refractivity contribution in [3.05, 3.63) is 35.9 Å². The number of hydrogen-bond acceptors (Lipinski definition) is 5. The molecule has 8 nitrogen and oxygen atoms in total. The molecular formula is C17H19N3O5. The van der Waals surface area contributed by atoms with Crippen molar-refractivity contribution in [2.45, 2.75) is 6.04 Å². The first-order valence-electron chi connectivity index (χ1n) is 8.25. The number of carbonyl (C=O) groups excluding carboxylic acids is 2. The highest BCUT2D eigenvalue weighted by Crippen LogP contribution is 2.43. The number of benzene rings is 1. The van der Waals surface area contributed by atoms with Gasteiger partial charge in [-0.15, -0.1) is 0 Å². The van der Waals surface area contributed by atoms with E-state index in [9.17, 15) is 14.4 Å². The second-order valence-corrected chi connectivity index (χ2v) is 6.90. The number of ether oxygens (including phenoxy) is 1. The number of hydrogen-bond donors (Lipinski definition) is 2. The first-order valence-corrected chi connectivity index (χ1v) is 8.25. The van der Waals surface area contributed by atoms with Gasteiger partial charge in [-0.3, -0.25) is 4.79 Å². The average Bonchev–Trinajstić information content (AvgIpc) is 3.17. The quantitative estimate of drug-likeness (QED) is 0.826. The highest BCUT2D eigenvalue weighted by Gasteiger charge is 2.58. The maximum absolute atomic E-state index is 13.1. The number of nitrogens with one attached hydrogen (secondary N) is 1. The molecule has 3 heterocycles. The minimum absolute atomic E-state index is 0.142. The lowest BCUT2D eigenvalue weighted by Gasteiger charge is -2.49. The van der Waals surface area contributed by atoms with Gasteiger partial charge in [0.2, 0.25) is 5.91 Å². The molecule has 4 rings (SSSR count). The maximum Gasteiger partial charge on any atom is 0.417 e. The minimum Gasteiger partial charge on any atom is -0.465 e. The Labute approximate surface area is 144 Å². The molecule has 3 aliphatic rings. The fraction of sp³-hybridized carbons (Fsp3) is 0.471.